The van der Waals surface area contributed by atoms with Gasteiger partial charge in [-0.2, -0.15) is 0 Å². The number of ether oxygens (including phenoxy) is 2. The molecule has 114 valence electrons. The Kier molecular flexibility index (Phi) is 3.95. The van der Waals surface area contributed by atoms with Crippen molar-refractivity contribution in [3.63, 3.8) is 0 Å². The van der Waals surface area contributed by atoms with Crippen LogP contribution < -0.4 is 9.47 Å². The third kappa shape index (κ3) is 2.68. The van der Waals surface area contributed by atoms with Crippen LogP contribution in [0.3, 0.4) is 0 Å². The third-order valence-electron chi connectivity index (χ3n) is 4.27. The number of aliphatic carboxylic acids is 1. The largest absolute Gasteiger partial charge is 0.486 e. The Hall–Kier alpha value is -1.46. The highest BCUT2D eigenvalue weighted by molar-refractivity contribution is 6.31. The SMILES string of the molecule is O=C(O)C1CCCC1C(O)c1cc2c(cc1Cl)OCCO2. The number of hydrogen-bond donors (Lipinski definition) is 2. The van der Waals surface area contributed by atoms with Crippen molar-refractivity contribution in [2.24, 2.45) is 11.8 Å². The van der Waals surface area contributed by atoms with Crippen LogP contribution in [0.1, 0.15) is 30.9 Å². The van der Waals surface area contributed by atoms with Crippen molar-refractivity contribution in [2.45, 2.75) is 25.4 Å². The normalized spacial score (nSPS) is 25.6. The van der Waals surface area contributed by atoms with Gasteiger partial charge in [0.25, 0.3) is 0 Å². The van der Waals surface area contributed by atoms with Gasteiger partial charge in [-0.1, -0.05) is 18.0 Å². The molecule has 0 amide bonds. The Morgan fingerprint density at radius 2 is 1.90 bits per heavy atom. The minimum Gasteiger partial charge on any atom is -0.486 e. The zero-order valence-corrected chi connectivity index (χ0v) is 12.2. The molecule has 1 aliphatic carbocycles. The second kappa shape index (κ2) is 5.73. The van der Waals surface area contributed by atoms with E-state index >= 15 is 0 Å². The molecule has 0 saturated heterocycles. The van der Waals surface area contributed by atoms with Gasteiger partial charge in [-0.05, 0) is 18.9 Å². The first-order valence-electron chi connectivity index (χ1n) is 7.08. The first-order chi connectivity index (χ1) is 10.1. The molecule has 3 rings (SSSR count). The summed E-state index contributed by atoms with van der Waals surface area (Å²) in [5, 5.41) is 20.2. The van der Waals surface area contributed by atoms with Gasteiger partial charge < -0.3 is 19.7 Å². The number of aliphatic hydroxyl groups is 1. The van der Waals surface area contributed by atoms with Crippen molar-refractivity contribution in [3.8, 4) is 11.5 Å². The van der Waals surface area contributed by atoms with Gasteiger partial charge in [0.15, 0.2) is 11.5 Å². The van der Waals surface area contributed by atoms with Crippen molar-refractivity contribution in [1.29, 1.82) is 0 Å². The topological polar surface area (TPSA) is 76.0 Å². The van der Waals surface area contributed by atoms with Crippen LogP contribution in [-0.2, 0) is 4.79 Å². The van der Waals surface area contributed by atoms with E-state index in [2.05, 4.69) is 0 Å². The van der Waals surface area contributed by atoms with Gasteiger partial charge >= 0.3 is 5.97 Å². The van der Waals surface area contributed by atoms with Crippen molar-refractivity contribution in [3.05, 3.63) is 22.7 Å². The highest BCUT2D eigenvalue weighted by Gasteiger charge is 2.39. The summed E-state index contributed by atoms with van der Waals surface area (Å²) in [6, 6.07) is 3.29. The van der Waals surface area contributed by atoms with Crippen LogP contribution in [0.2, 0.25) is 5.02 Å². The molecule has 1 saturated carbocycles. The number of rotatable bonds is 3. The summed E-state index contributed by atoms with van der Waals surface area (Å²) in [4.78, 5) is 11.3. The predicted octanol–water partition coefficient (Wildman–Crippen LogP) is 2.65. The van der Waals surface area contributed by atoms with Crippen LogP contribution in [0.15, 0.2) is 12.1 Å². The van der Waals surface area contributed by atoms with Crippen LogP contribution in [0, 0.1) is 11.8 Å². The van der Waals surface area contributed by atoms with Crippen LogP contribution in [0.4, 0.5) is 0 Å². The summed E-state index contributed by atoms with van der Waals surface area (Å²) in [5.74, 6) is -0.593. The molecule has 0 bridgehead atoms. The number of carboxylic acids is 1. The molecule has 1 heterocycles. The van der Waals surface area contributed by atoms with Crippen LogP contribution in [0.5, 0.6) is 11.5 Å². The first-order valence-corrected chi connectivity index (χ1v) is 7.45. The van der Waals surface area contributed by atoms with Gasteiger partial charge in [-0.25, -0.2) is 0 Å². The summed E-state index contributed by atoms with van der Waals surface area (Å²) in [6.45, 7) is 0.917. The van der Waals surface area contributed by atoms with E-state index in [0.29, 0.717) is 48.1 Å². The second-order valence-electron chi connectivity index (χ2n) is 5.50. The number of halogens is 1. The smallest absolute Gasteiger partial charge is 0.306 e. The Labute approximate surface area is 127 Å². The van der Waals surface area contributed by atoms with Gasteiger partial charge in [0.1, 0.15) is 13.2 Å². The minimum absolute atomic E-state index is 0.317. The van der Waals surface area contributed by atoms with Crippen LogP contribution >= 0.6 is 11.6 Å². The van der Waals surface area contributed by atoms with E-state index in [9.17, 15) is 15.0 Å². The highest BCUT2D eigenvalue weighted by Crippen LogP contribution is 2.45. The molecular formula is C15H17ClO5. The maximum atomic E-state index is 11.3. The molecule has 0 radical (unpaired) electrons. The lowest BCUT2D eigenvalue weighted by atomic mass is 9.87. The molecule has 1 aliphatic heterocycles. The molecule has 0 aromatic heterocycles. The lowest BCUT2D eigenvalue weighted by Crippen LogP contribution is -2.24. The third-order valence-corrected chi connectivity index (χ3v) is 4.60. The van der Waals surface area contributed by atoms with Crippen molar-refractivity contribution in [2.75, 3.05) is 13.2 Å². The summed E-state index contributed by atoms with van der Waals surface area (Å²) in [7, 11) is 0. The molecule has 2 N–H and O–H groups in total. The Bertz CT molecular complexity index is 559. The van der Waals surface area contributed by atoms with Gasteiger partial charge in [-0.3, -0.25) is 4.79 Å². The molecule has 1 aromatic carbocycles. The first kappa shape index (κ1) is 14.5. The number of benzene rings is 1. The molecule has 1 fully saturated rings. The quantitative estimate of drug-likeness (QED) is 0.897. The summed E-state index contributed by atoms with van der Waals surface area (Å²) >= 11 is 6.22. The van der Waals surface area contributed by atoms with E-state index in [1.807, 2.05) is 0 Å². The molecule has 21 heavy (non-hydrogen) atoms. The predicted molar refractivity (Wildman–Crippen MR) is 75.9 cm³/mol. The zero-order valence-electron chi connectivity index (χ0n) is 11.4. The van der Waals surface area contributed by atoms with E-state index in [1.54, 1.807) is 12.1 Å². The maximum Gasteiger partial charge on any atom is 0.306 e. The van der Waals surface area contributed by atoms with Gasteiger partial charge in [0, 0.05) is 17.5 Å². The average Bonchev–Trinajstić information content (AvgIpc) is 2.95. The lowest BCUT2D eigenvalue weighted by Gasteiger charge is -2.25. The molecule has 0 spiro atoms. The maximum absolute atomic E-state index is 11.3. The van der Waals surface area contributed by atoms with E-state index in [0.717, 1.165) is 6.42 Å². The van der Waals surface area contributed by atoms with E-state index in [1.165, 1.54) is 0 Å². The van der Waals surface area contributed by atoms with E-state index < -0.39 is 18.0 Å². The van der Waals surface area contributed by atoms with Gasteiger partial charge in [-0.15, -0.1) is 0 Å². The summed E-state index contributed by atoms with van der Waals surface area (Å²) < 4.78 is 10.9. The van der Waals surface area contributed by atoms with Crippen molar-refractivity contribution >= 4 is 17.6 Å². The van der Waals surface area contributed by atoms with Gasteiger partial charge in [0.05, 0.1) is 17.0 Å². The van der Waals surface area contributed by atoms with E-state index in [-0.39, 0.29) is 5.92 Å². The number of aliphatic hydroxyl groups excluding tert-OH is 1. The van der Waals surface area contributed by atoms with E-state index in [4.69, 9.17) is 21.1 Å². The monoisotopic (exact) mass is 312 g/mol. The fraction of sp³-hybridized carbons (Fsp3) is 0.533. The van der Waals surface area contributed by atoms with Crippen molar-refractivity contribution in [1.82, 2.24) is 0 Å². The number of carboxylic acid groups (broad SMARTS) is 1. The lowest BCUT2D eigenvalue weighted by molar-refractivity contribution is -0.144. The second-order valence-corrected chi connectivity index (χ2v) is 5.91. The molecular weight excluding hydrogens is 296 g/mol. The molecule has 1 aromatic rings. The zero-order chi connectivity index (χ0) is 15.0. The molecule has 6 heteroatoms. The minimum atomic E-state index is -0.906. The Morgan fingerprint density at radius 1 is 1.24 bits per heavy atom. The standard InChI is InChI=1S/C15H17ClO5/c16-11-7-13-12(20-4-5-21-13)6-10(11)14(17)8-2-1-3-9(8)15(18)19/h6-9,14,17H,1-5H2,(H,18,19). The van der Waals surface area contributed by atoms with Crippen molar-refractivity contribution < 1.29 is 24.5 Å². The number of carbonyl (C=O) groups is 1. The Morgan fingerprint density at radius 3 is 2.57 bits per heavy atom. The number of hydrogen-bond acceptors (Lipinski definition) is 4. The molecule has 3 atom stereocenters. The highest BCUT2D eigenvalue weighted by atomic mass is 35.5. The van der Waals surface area contributed by atoms with Crippen LogP contribution in [-0.4, -0.2) is 29.4 Å². The molecule has 2 aliphatic rings. The molecule has 5 nitrogen and oxygen atoms in total. The average molecular weight is 313 g/mol. The summed E-state index contributed by atoms with van der Waals surface area (Å²) in [5.41, 5.74) is 0.513. The number of fused-ring (bicyclic) bond motifs is 1. The Balaban J connectivity index is 1.90. The van der Waals surface area contributed by atoms with Crippen LogP contribution in [0.25, 0.3) is 0 Å². The fourth-order valence-electron chi connectivity index (χ4n) is 3.21. The molecule has 3 unspecified atom stereocenters. The fourth-order valence-corrected chi connectivity index (χ4v) is 3.48. The van der Waals surface area contributed by atoms with Gasteiger partial charge in [0.2, 0.25) is 0 Å². The summed E-state index contributed by atoms with van der Waals surface area (Å²) in [6.07, 6.45) is 1.18.